The lowest BCUT2D eigenvalue weighted by molar-refractivity contribution is 0.0927. The molecule has 2 N–H and O–H groups in total. The van der Waals surface area contributed by atoms with Crippen molar-refractivity contribution in [1.82, 2.24) is 10.3 Å². The maximum absolute atomic E-state index is 13.3. The molecule has 4 aromatic rings. The summed E-state index contributed by atoms with van der Waals surface area (Å²) in [5.74, 6) is 0.499. The Morgan fingerprint density at radius 1 is 1.18 bits per heavy atom. The molecule has 1 aliphatic heterocycles. The number of aliphatic hydroxyl groups excluding tert-OH is 1. The molecule has 0 saturated carbocycles. The van der Waals surface area contributed by atoms with E-state index in [-0.39, 0.29) is 12.5 Å². The molecule has 1 amide bonds. The molecule has 0 radical (unpaired) electrons. The number of carbonyl (C=O) groups excluding carboxylic acids is 1. The van der Waals surface area contributed by atoms with Crippen LogP contribution in [0.3, 0.4) is 0 Å². The molecule has 0 aliphatic carbocycles. The van der Waals surface area contributed by atoms with Crippen LogP contribution in [0.15, 0.2) is 71.5 Å². The number of carbonyl (C=O) groups is 1. The highest BCUT2D eigenvalue weighted by Gasteiger charge is 2.26. The largest absolute Gasteiger partial charge is 0.464 e. The third-order valence-corrected chi connectivity index (χ3v) is 5.97. The molecule has 0 saturated heterocycles. The topological polar surface area (TPSA) is 78.6 Å². The van der Waals surface area contributed by atoms with Gasteiger partial charge in [-0.2, -0.15) is 0 Å². The number of nitrogens with one attached hydrogen (secondary N) is 1. The minimum Gasteiger partial charge on any atom is -0.464 e. The summed E-state index contributed by atoms with van der Waals surface area (Å²) >= 11 is 0. The number of hydrogen-bond donors (Lipinski definition) is 2. The zero-order valence-electron chi connectivity index (χ0n) is 18.0. The smallest absolute Gasteiger partial charge is 0.251 e. The van der Waals surface area contributed by atoms with Gasteiger partial charge in [0.25, 0.3) is 5.91 Å². The Labute approximate surface area is 190 Å². The summed E-state index contributed by atoms with van der Waals surface area (Å²) in [4.78, 5) is 19.3. The first-order chi connectivity index (χ1) is 16.1. The highest BCUT2D eigenvalue weighted by atomic mass is 19.1. The summed E-state index contributed by atoms with van der Waals surface area (Å²) in [7, 11) is 0. The van der Waals surface area contributed by atoms with Gasteiger partial charge in [-0.3, -0.25) is 4.79 Å². The number of halogens is 1. The fourth-order valence-corrected chi connectivity index (χ4v) is 4.33. The van der Waals surface area contributed by atoms with Crippen molar-refractivity contribution < 1.29 is 18.7 Å². The van der Waals surface area contributed by atoms with Gasteiger partial charge in [-0.1, -0.05) is 12.1 Å². The van der Waals surface area contributed by atoms with Crippen LogP contribution < -0.4 is 10.2 Å². The van der Waals surface area contributed by atoms with E-state index in [1.54, 1.807) is 12.3 Å². The van der Waals surface area contributed by atoms with Crippen LogP contribution in [-0.4, -0.2) is 41.9 Å². The molecular formula is C26H24FN3O3. The summed E-state index contributed by atoms with van der Waals surface area (Å²) in [5, 5.41) is 12.5. The first-order valence-electron chi connectivity index (χ1n) is 11.0. The minimum absolute atomic E-state index is 0.211. The van der Waals surface area contributed by atoms with Crippen molar-refractivity contribution >= 4 is 28.4 Å². The van der Waals surface area contributed by atoms with Crippen LogP contribution >= 0.6 is 0 Å². The van der Waals surface area contributed by atoms with Crippen LogP contribution in [-0.2, 0) is 12.8 Å². The number of hydrogen-bond acceptors (Lipinski definition) is 5. The highest BCUT2D eigenvalue weighted by Crippen LogP contribution is 2.36. The molecule has 3 heterocycles. The van der Waals surface area contributed by atoms with Gasteiger partial charge in [-0.15, -0.1) is 0 Å². The second-order valence-electron chi connectivity index (χ2n) is 8.19. The van der Waals surface area contributed by atoms with Gasteiger partial charge in [0.1, 0.15) is 17.6 Å². The zero-order valence-corrected chi connectivity index (χ0v) is 18.0. The molecule has 0 bridgehead atoms. The molecule has 0 fully saturated rings. The number of fused-ring (bicyclic) bond motifs is 2. The number of nitrogens with zero attached hydrogens (tertiary/aromatic N) is 2. The Morgan fingerprint density at radius 3 is 2.94 bits per heavy atom. The molecule has 2 aromatic carbocycles. The van der Waals surface area contributed by atoms with Gasteiger partial charge in [0, 0.05) is 29.4 Å². The molecule has 1 aliphatic rings. The van der Waals surface area contributed by atoms with E-state index in [0.29, 0.717) is 18.5 Å². The van der Waals surface area contributed by atoms with E-state index in [1.165, 1.54) is 5.56 Å². The number of furan rings is 1. The molecule has 33 heavy (non-hydrogen) atoms. The molecule has 0 unspecified atom stereocenters. The van der Waals surface area contributed by atoms with Gasteiger partial charge in [-0.05, 0) is 72.0 Å². The third kappa shape index (κ3) is 4.32. The Hall–Kier alpha value is -3.71. The molecule has 1 atom stereocenters. The van der Waals surface area contributed by atoms with Crippen LogP contribution in [0, 0.1) is 0 Å². The normalized spacial score (nSPS) is 13.8. The summed E-state index contributed by atoms with van der Waals surface area (Å²) in [5.41, 5.74) is 5.60. The molecule has 168 valence electrons. The van der Waals surface area contributed by atoms with E-state index < -0.39 is 12.8 Å². The van der Waals surface area contributed by atoms with Crippen LogP contribution in [0.1, 0.15) is 27.0 Å². The predicted molar refractivity (Wildman–Crippen MR) is 125 cm³/mol. The van der Waals surface area contributed by atoms with E-state index in [2.05, 4.69) is 33.4 Å². The van der Waals surface area contributed by atoms with Crippen LogP contribution in [0.25, 0.3) is 11.0 Å². The predicted octanol–water partition coefficient (Wildman–Crippen LogP) is 4.17. The summed E-state index contributed by atoms with van der Waals surface area (Å²) in [6, 6.07) is 17.8. The van der Waals surface area contributed by atoms with Gasteiger partial charge >= 0.3 is 0 Å². The third-order valence-electron chi connectivity index (χ3n) is 5.97. The minimum atomic E-state index is -1.47. The number of pyridine rings is 1. The summed E-state index contributed by atoms with van der Waals surface area (Å²) < 4.78 is 18.8. The first-order valence-corrected chi connectivity index (χ1v) is 11.0. The number of benzene rings is 2. The van der Waals surface area contributed by atoms with Crippen molar-refractivity contribution in [3.8, 4) is 0 Å². The average molecular weight is 445 g/mol. The maximum atomic E-state index is 13.3. The molecule has 2 aromatic heterocycles. The lowest BCUT2D eigenvalue weighted by atomic mass is 10.0. The SMILES string of the molecule is O=C(NC[C@H](F)CO)c1cccc2c1CCN2c1cc(Cc2ccc3occc3c2)ccn1. The van der Waals surface area contributed by atoms with Crippen LogP contribution in [0.4, 0.5) is 15.9 Å². The first kappa shape index (κ1) is 21.2. The van der Waals surface area contributed by atoms with E-state index in [4.69, 9.17) is 9.52 Å². The molecule has 6 nitrogen and oxygen atoms in total. The summed E-state index contributed by atoms with van der Waals surface area (Å²) in [6.45, 7) is -0.116. The van der Waals surface area contributed by atoms with Gasteiger partial charge < -0.3 is 19.7 Å². The van der Waals surface area contributed by atoms with E-state index in [0.717, 1.165) is 40.0 Å². The Morgan fingerprint density at radius 2 is 2.06 bits per heavy atom. The van der Waals surface area contributed by atoms with Crippen LogP contribution in [0.5, 0.6) is 0 Å². The van der Waals surface area contributed by atoms with Gasteiger partial charge in [0.15, 0.2) is 0 Å². The van der Waals surface area contributed by atoms with E-state index in [9.17, 15) is 9.18 Å². The van der Waals surface area contributed by atoms with Crippen molar-refractivity contribution in [3.05, 3.63) is 89.3 Å². The second kappa shape index (κ2) is 9.03. The van der Waals surface area contributed by atoms with Crippen molar-refractivity contribution in [2.75, 3.05) is 24.6 Å². The molecular weight excluding hydrogens is 421 g/mol. The van der Waals surface area contributed by atoms with E-state index in [1.807, 2.05) is 36.5 Å². The number of aliphatic hydroxyl groups is 1. The van der Waals surface area contributed by atoms with Gasteiger partial charge in [0.2, 0.25) is 0 Å². The van der Waals surface area contributed by atoms with Crippen molar-refractivity contribution in [2.45, 2.75) is 19.0 Å². The lowest BCUT2D eigenvalue weighted by Gasteiger charge is -2.19. The number of aromatic nitrogens is 1. The van der Waals surface area contributed by atoms with Crippen molar-refractivity contribution in [2.24, 2.45) is 0 Å². The molecule has 0 spiro atoms. The lowest BCUT2D eigenvalue weighted by Crippen LogP contribution is -2.32. The quantitative estimate of drug-likeness (QED) is 0.446. The fourth-order valence-electron chi connectivity index (χ4n) is 4.33. The van der Waals surface area contributed by atoms with Crippen molar-refractivity contribution in [3.63, 3.8) is 0 Å². The average Bonchev–Trinajstić information content (AvgIpc) is 3.49. The number of rotatable bonds is 7. The van der Waals surface area contributed by atoms with Gasteiger partial charge in [-0.25, -0.2) is 9.37 Å². The van der Waals surface area contributed by atoms with Gasteiger partial charge in [0.05, 0.1) is 19.4 Å². The summed E-state index contributed by atoms with van der Waals surface area (Å²) in [6.07, 6.45) is 3.51. The number of anilines is 2. The standard InChI is InChI=1S/C26H24FN3O3/c27-20(16-31)15-29-26(32)22-2-1-3-23-21(22)7-10-30(23)25-14-18(6-9-28-25)12-17-4-5-24-19(13-17)8-11-33-24/h1-6,8-9,11,13-14,20,31H,7,10,12,15-16H2,(H,29,32)/t20-/m0/s1. The molecule has 7 heteroatoms. The van der Waals surface area contributed by atoms with Crippen LogP contribution in [0.2, 0.25) is 0 Å². The second-order valence-corrected chi connectivity index (χ2v) is 8.19. The number of amides is 1. The fraction of sp³-hybridized carbons (Fsp3) is 0.231. The monoisotopic (exact) mass is 445 g/mol. The number of alkyl halides is 1. The highest BCUT2D eigenvalue weighted by molar-refractivity contribution is 5.98. The Balaban J connectivity index is 1.37. The Kier molecular flexibility index (Phi) is 5.79. The maximum Gasteiger partial charge on any atom is 0.251 e. The van der Waals surface area contributed by atoms with E-state index >= 15 is 0 Å². The van der Waals surface area contributed by atoms with Crippen molar-refractivity contribution in [1.29, 1.82) is 0 Å². The Bertz CT molecular complexity index is 1300. The molecule has 5 rings (SSSR count). The zero-order chi connectivity index (χ0) is 22.8.